The maximum absolute atomic E-state index is 12.3. The van der Waals surface area contributed by atoms with Crippen molar-refractivity contribution in [2.45, 2.75) is 78.1 Å². The number of unbranched alkanes of at least 4 members (excludes halogenated alkanes) is 4. The van der Waals surface area contributed by atoms with Gasteiger partial charge in [-0.2, -0.15) is 10.2 Å². The topological polar surface area (TPSA) is 82.9 Å². The van der Waals surface area contributed by atoms with E-state index in [1.165, 1.54) is 0 Å². The van der Waals surface area contributed by atoms with Crippen molar-refractivity contribution in [1.29, 1.82) is 0 Å². The number of hydrazone groups is 2. The molecule has 0 aliphatic rings. The predicted octanol–water partition coefficient (Wildman–Crippen LogP) is 5.97. The van der Waals surface area contributed by atoms with Gasteiger partial charge in [0, 0.05) is 12.8 Å². The van der Waals surface area contributed by atoms with Crippen LogP contribution in [0.4, 0.5) is 0 Å². The van der Waals surface area contributed by atoms with Crippen LogP contribution < -0.4 is 10.9 Å². The number of hydrogen-bond donors (Lipinski definition) is 2. The Morgan fingerprint density at radius 3 is 1.32 bits per heavy atom. The highest BCUT2D eigenvalue weighted by molar-refractivity contribution is 6.01. The van der Waals surface area contributed by atoms with Gasteiger partial charge in [0.05, 0.1) is 11.4 Å². The Morgan fingerprint density at radius 1 is 0.588 bits per heavy atom. The van der Waals surface area contributed by atoms with E-state index in [4.69, 9.17) is 0 Å². The first-order chi connectivity index (χ1) is 16.6. The maximum Gasteiger partial charge on any atom is 0.240 e. The first-order valence-corrected chi connectivity index (χ1v) is 12.5. The van der Waals surface area contributed by atoms with E-state index in [0.29, 0.717) is 0 Å². The van der Waals surface area contributed by atoms with Gasteiger partial charge >= 0.3 is 0 Å². The molecule has 0 atom stereocenters. The second kappa shape index (κ2) is 16.4. The minimum Gasteiger partial charge on any atom is -0.273 e. The molecule has 34 heavy (non-hydrogen) atoms. The molecular weight excluding hydrogens is 424 g/mol. The van der Waals surface area contributed by atoms with Crippen LogP contribution in [0.5, 0.6) is 0 Å². The van der Waals surface area contributed by atoms with Crippen LogP contribution in [-0.4, -0.2) is 23.2 Å². The summed E-state index contributed by atoms with van der Waals surface area (Å²) in [6.07, 6.45) is 8.21. The van der Waals surface area contributed by atoms with Crippen LogP contribution in [-0.2, 0) is 9.59 Å². The largest absolute Gasteiger partial charge is 0.273 e. The first-order valence-electron chi connectivity index (χ1n) is 12.5. The van der Waals surface area contributed by atoms with E-state index in [1.54, 1.807) is 0 Å². The summed E-state index contributed by atoms with van der Waals surface area (Å²) in [5.41, 5.74) is 8.96. The second-order valence-corrected chi connectivity index (χ2v) is 8.33. The monoisotopic (exact) mass is 462 g/mol. The van der Waals surface area contributed by atoms with Crippen molar-refractivity contribution in [2.24, 2.45) is 10.2 Å². The van der Waals surface area contributed by atoms with E-state index < -0.39 is 0 Å². The lowest BCUT2D eigenvalue weighted by molar-refractivity contribution is -0.126. The van der Waals surface area contributed by atoms with Crippen LogP contribution in [0, 0.1) is 0 Å². The highest BCUT2D eigenvalue weighted by Crippen LogP contribution is 2.10. The summed E-state index contributed by atoms with van der Waals surface area (Å²) < 4.78 is 0. The summed E-state index contributed by atoms with van der Waals surface area (Å²) in [4.78, 5) is 24.6. The fraction of sp³-hybridized carbons (Fsp3) is 0.429. The molecule has 0 bridgehead atoms. The van der Waals surface area contributed by atoms with E-state index in [2.05, 4.69) is 34.9 Å². The van der Waals surface area contributed by atoms with Crippen molar-refractivity contribution < 1.29 is 9.59 Å². The highest BCUT2D eigenvalue weighted by atomic mass is 16.2. The van der Waals surface area contributed by atoms with Gasteiger partial charge in [0.2, 0.25) is 11.8 Å². The number of benzene rings is 2. The molecule has 6 heteroatoms. The molecule has 2 aromatic rings. The molecule has 0 saturated carbocycles. The standard InChI is InChI=1S/C28H38N4O2/c1-3-5-9-19-25(23-15-11-7-12-16-23)29-31-27(33)21-22-28(34)32-30-26(20-10-6-4-2)24-17-13-8-14-18-24/h7-8,11-18H,3-6,9-10,19-22H2,1-2H3,(H,31,33)(H,32,34)/b29-25+,30-26+. The van der Waals surface area contributed by atoms with Gasteiger partial charge in [-0.25, -0.2) is 10.9 Å². The van der Waals surface area contributed by atoms with Crippen LogP contribution >= 0.6 is 0 Å². The molecular formula is C28H38N4O2. The van der Waals surface area contributed by atoms with Gasteiger partial charge in [-0.05, 0) is 36.8 Å². The van der Waals surface area contributed by atoms with Crippen molar-refractivity contribution in [3.8, 4) is 0 Å². The van der Waals surface area contributed by atoms with Gasteiger partial charge in [0.1, 0.15) is 0 Å². The van der Waals surface area contributed by atoms with Crippen LogP contribution in [0.25, 0.3) is 0 Å². The van der Waals surface area contributed by atoms with Gasteiger partial charge in [-0.15, -0.1) is 0 Å². The van der Waals surface area contributed by atoms with E-state index >= 15 is 0 Å². The van der Waals surface area contributed by atoms with Gasteiger partial charge in [0.15, 0.2) is 0 Å². The lowest BCUT2D eigenvalue weighted by atomic mass is 10.0. The van der Waals surface area contributed by atoms with E-state index in [9.17, 15) is 9.59 Å². The minimum atomic E-state index is -0.283. The van der Waals surface area contributed by atoms with E-state index in [-0.39, 0.29) is 24.7 Å². The molecule has 2 N–H and O–H groups in total. The lowest BCUT2D eigenvalue weighted by Crippen LogP contribution is -2.24. The van der Waals surface area contributed by atoms with Gasteiger partial charge in [0.25, 0.3) is 0 Å². The van der Waals surface area contributed by atoms with Crippen LogP contribution in [0.2, 0.25) is 0 Å². The number of hydrogen-bond acceptors (Lipinski definition) is 4. The molecule has 0 radical (unpaired) electrons. The Hall–Kier alpha value is -3.28. The fourth-order valence-electron chi connectivity index (χ4n) is 3.47. The van der Waals surface area contributed by atoms with Gasteiger partial charge in [-0.3, -0.25) is 9.59 Å². The molecule has 2 aromatic carbocycles. The van der Waals surface area contributed by atoms with Crippen LogP contribution in [0.15, 0.2) is 70.9 Å². The molecule has 0 unspecified atom stereocenters. The average Bonchev–Trinajstić information content (AvgIpc) is 2.88. The Labute approximate surface area is 203 Å². The molecule has 182 valence electrons. The zero-order chi connectivity index (χ0) is 24.4. The van der Waals surface area contributed by atoms with E-state index in [0.717, 1.165) is 73.9 Å². The zero-order valence-corrected chi connectivity index (χ0v) is 20.6. The number of carbonyl (C=O) groups is 2. The molecule has 0 aromatic heterocycles. The fourth-order valence-corrected chi connectivity index (χ4v) is 3.47. The third-order valence-corrected chi connectivity index (χ3v) is 5.46. The molecule has 6 nitrogen and oxygen atoms in total. The van der Waals surface area contributed by atoms with Crippen LogP contribution in [0.1, 0.15) is 89.2 Å². The predicted molar refractivity (Wildman–Crippen MR) is 140 cm³/mol. The lowest BCUT2D eigenvalue weighted by Gasteiger charge is -2.08. The summed E-state index contributed by atoms with van der Waals surface area (Å²) >= 11 is 0. The maximum atomic E-state index is 12.3. The number of carbonyl (C=O) groups excluding carboxylic acids is 2. The second-order valence-electron chi connectivity index (χ2n) is 8.33. The number of amides is 2. The van der Waals surface area contributed by atoms with Gasteiger partial charge in [-0.1, -0.05) is 100 Å². The normalized spacial score (nSPS) is 11.8. The van der Waals surface area contributed by atoms with Crippen molar-refractivity contribution in [3.63, 3.8) is 0 Å². The van der Waals surface area contributed by atoms with E-state index in [1.807, 2.05) is 60.7 Å². The SMILES string of the molecule is CCCCC/C(=N\NC(=O)CCC(=O)N/N=C(\CCCCC)c1ccccc1)c1ccccc1. The summed E-state index contributed by atoms with van der Waals surface area (Å²) in [6, 6.07) is 19.7. The molecule has 0 heterocycles. The van der Waals surface area contributed by atoms with Crippen molar-refractivity contribution in [2.75, 3.05) is 0 Å². The third-order valence-electron chi connectivity index (χ3n) is 5.46. The highest BCUT2D eigenvalue weighted by Gasteiger charge is 2.09. The smallest absolute Gasteiger partial charge is 0.240 e. The van der Waals surface area contributed by atoms with Gasteiger partial charge < -0.3 is 0 Å². The zero-order valence-electron chi connectivity index (χ0n) is 20.6. The quantitative estimate of drug-likeness (QED) is 0.194. The Bertz CT molecular complexity index is 846. The molecule has 2 amide bonds. The Morgan fingerprint density at radius 2 is 0.971 bits per heavy atom. The summed E-state index contributed by atoms with van der Waals surface area (Å²) in [5.74, 6) is -0.566. The molecule has 0 fully saturated rings. The van der Waals surface area contributed by atoms with Crippen molar-refractivity contribution in [3.05, 3.63) is 71.8 Å². The summed E-state index contributed by atoms with van der Waals surface area (Å²) in [6.45, 7) is 4.31. The van der Waals surface area contributed by atoms with Crippen molar-refractivity contribution >= 4 is 23.2 Å². The van der Waals surface area contributed by atoms with Crippen molar-refractivity contribution in [1.82, 2.24) is 10.9 Å². The average molecular weight is 463 g/mol. The molecule has 0 saturated heterocycles. The first kappa shape index (κ1) is 27.0. The Balaban J connectivity index is 1.89. The molecule has 0 aliphatic heterocycles. The number of nitrogens with one attached hydrogen (secondary N) is 2. The molecule has 0 aliphatic carbocycles. The third kappa shape index (κ3) is 10.6. The number of nitrogens with zero attached hydrogens (tertiary/aromatic N) is 2. The summed E-state index contributed by atoms with van der Waals surface area (Å²) in [5, 5.41) is 8.71. The van der Waals surface area contributed by atoms with Crippen LogP contribution in [0.3, 0.4) is 0 Å². The number of rotatable bonds is 15. The molecule has 2 rings (SSSR count). The molecule has 0 spiro atoms. The summed E-state index contributed by atoms with van der Waals surface area (Å²) in [7, 11) is 0. The Kier molecular flexibility index (Phi) is 13.0. The minimum absolute atomic E-state index is 0.0540.